The Labute approximate surface area is 106 Å². The smallest absolute Gasteiger partial charge is 0.317 e. The second kappa shape index (κ2) is 5.98. The quantitative estimate of drug-likeness (QED) is 0.904. The number of hydrogen-bond acceptors (Lipinski definition) is 2. The van der Waals surface area contributed by atoms with E-state index in [0.29, 0.717) is 12.1 Å². The molecule has 1 fully saturated rings. The van der Waals surface area contributed by atoms with Crippen molar-refractivity contribution in [2.24, 2.45) is 0 Å². The summed E-state index contributed by atoms with van der Waals surface area (Å²) in [5.41, 5.74) is 0.704. The minimum absolute atomic E-state index is 0. The Kier molecular flexibility index (Phi) is 4.90. The van der Waals surface area contributed by atoms with Crippen LogP contribution in [0.5, 0.6) is 0 Å². The number of nitrogens with zero attached hydrogens (tertiary/aromatic N) is 1. The van der Waals surface area contributed by atoms with E-state index in [1.165, 1.54) is 6.07 Å². The summed E-state index contributed by atoms with van der Waals surface area (Å²) in [5, 5.41) is 8.67. The molecule has 0 aliphatic carbocycles. The molecule has 1 N–H and O–H groups in total. The fourth-order valence-electron chi connectivity index (χ4n) is 2.23. The van der Waals surface area contributed by atoms with Gasteiger partial charge in [0.05, 0.1) is 6.54 Å². The van der Waals surface area contributed by atoms with E-state index in [9.17, 15) is 9.18 Å². The lowest BCUT2D eigenvalue weighted by Crippen LogP contribution is -2.27. The zero-order chi connectivity index (χ0) is 11.5. The van der Waals surface area contributed by atoms with E-state index >= 15 is 0 Å². The molecule has 3 nitrogen and oxygen atoms in total. The highest BCUT2D eigenvalue weighted by Gasteiger charge is 2.26. The monoisotopic (exact) mass is 259 g/mol. The number of carbonyl (C=O) groups is 1. The molecule has 5 heteroatoms. The molecule has 17 heavy (non-hydrogen) atoms. The van der Waals surface area contributed by atoms with Crippen LogP contribution in [0.2, 0.25) is 0 Å². The van der Waals surface area contributed by atoms with Crippen LogP contribution in [-0.4, -0.2) is 35.6 Å². The van der Waals surface area contributed by atoms with Gasteiger partial charge < -0.3 is 5.11 Å². The first kappa shape index (κ1) is 13.9. The number of carboxylic acid groups (broad SMARTS) is 1. The van der Waals surface area contributed by atoms with Crippen molar-refractivity contribution in [2.45, 2.75) is 12.3 Å². The first-order valence-corrected chi connectivity index (χ1v) is 5.35. The maximum absolute atomic E-state index is 13.5. The molecule has 94 valence electrons. The summed E-state index contributed by atoms with van der Waals surface area (Å²) in [4.78, 5) is 12.4. The summed E-state index contributed by atoms with van der Waals surface area (Å²) < 4.78 is 13.5. The zero-order valence-electron chi connectivity index (χ0n) is 9.30. The van der Waals surface area contributed by atoms with Gasteiger partial charge in [-0.05, 0) is 24.6 Å². The van der Waals surface area contributed by atoms with Gasteiger partial charge >= 0.3 is 5.97 Å². The van der Waals surface area contributed by atoms with Crippen LogP contribution in [-0.2, 0) is 4.79 Å². The predicted molar refractivity (Wildman–Crippen MR) is 65.1 cm³/mol. The third kappa shape index (κ3) is 3.41. The fourth-order valence-corrected chi connectivity index (χ4v) is 2.23. The SMILES string of the molecule is Cl.O=C(O)CN1CCC(c2ccccc2F)C1. The van der Waals surface area contributed by atoms with E-state index in [-0.39, 0.29) is 30.7 Å². The molecule has 1 heterocycles. The van der Waals surface area contributed by atoms with Gasteiger partial charge in [-0.1, -0.05) is 18.2 Å². The van der Waals surface area contributed by atoms with Crippen LogP contribution in [0.4, 0.5) is 4.39 Å². The van der Waals surface area contributed by atoms with Crippen LogP contribution in [0.3, 0.4) is 0 Å². The van der Waals surface area contributed by atoms with Gasteiger partial charge in [-0.25, -0.2) is 4.39 Å². The lowest BCUT2D eigenvalue weighted by molar-refractivity contribution is -0.138. The van der Waals surface area contributed by atoms with Crippen molar-refractivity contribution in [1.82, 2.24) is 4.90 Å². The molecule has 0 amide bonds. The predicted octanol–water partition coefficient (Wildman–Crippen LogP) is 2.12. The Morgan fingerprint density at radius 3 is 2.82 bits per heavy atom. The van der Waals surface area contributed by atoms with E-state index in [0.717, 1.165) is 13.0 Å². The van der Waals surface area contributed by atoms with Gasteiger partial charge in [0.25, 0.3) is 0 Å². The van der Waals surface area contributed by atoms with Gasteiger partial charge in [-0.2, -0.15) is 0 Å². The maximum atomic E-state index is 13.5. The molecular formula is C12H15ClFNO2. The van der Waals surface area contributed by atoms with E-state index in [1.54, 1.807) is 12.1 Å². The molecule has 0 spiro atoms. The van der Waals surface area contributed by atoms with Crippen molar-refractivity contribution < 1.29 is 14.3 Å². The summed E-state index contributed by atoms with van der Waals surface area (Å²) in [5.74, 6) is -0.889. The average Bonchev–Trinajstić information content (AvgIpc) is 2.66. The van der Waals surface area contributed by atoms with Gasteiger partial charge in [0.1, 0.15) is 5.82 Å². The van der Waals surface area contributed by atoms with Crippen molar-refractivity contribution in [3.05, 3.63) is 35.6 Å². The largest absolute Gasteiger partial charge is 0.480 e. The first-order chi connectivity index (χ1) is 7.66. The highest BCUT2D eigenvalue weighted by molar-refractivity contribution is 5.85. The molecule has 1 saturated heterocycles. The molecule has 1 aliphatic heterocycles. The third-order valence-electron chi connectivity index (χ3n) is 2.98. The Morgan fingerprint density at radius 2 is 2.18 bits per heavy atom. The molecule has 0 radical (unpaired) electrons. The highest BCUT2D eigenvalue weighted by Crippen LogP contribution is 2.28. The van der Waals surface area contributed by atoms with Crippen LogP contribution < -0.4 is 0 Å². The minimum atomic E-state index is -0.825. The number of carboxylic acids is 1. The number of rotatable bonds is 3. The van der Waals surface area contributed by atoms with E-state index < -0.39 is 5.97 Å². The Bertz CT molecular complexity index is 400. The topological polar surface area (TPSA) is 40.5 Å². The second-order valence-electron chi connectivity index (χ2n) is 4.14. The molecule has 1 aromatic rings. The van der Waals surface area contributed by atoms with Crippen LogP contribution in [0.1, 0.15) is 17.9 Å². The molecule has 1 aliphatic rings. The summed E-state index contributed by atoms with van der Waals surface area (Å²) in [6.07, 6.45) is 0.828. The Morgan fingerprint density at radius 1 is 1.47 bits per heavy atom. The van der Waals surface area contributed by atoms with E-state index in [1.807, 2.05) is 11.0 Å². The summed E-state index contributed by atoms with van der Waals surface area (Å²) in [7, 11) is 0. The van der Waals surface area contributed by atoms with Gasteiger partial charge in [-0.3, -0.25) is 9.69 Å². The highest BCUT2D eigenvalue weighted by atomic mass is 35.5. The summed E-state index contributed by atoms with van der Waals surface area (Å²) >= 11 is 0. The normalized spacial score (nSPS) is 19.9. The van der Waals surface area contributed by atoms with Gasteiger partial charge in [0, 0.05) is 12.5 Å². The molecule has 0 saturated carbocycles. The van der Waals surface area contributed by atoms with Crippen LogP contribution in [0.15, 0.2) is 24.3 Å². The third-order valence-corrected chi connectivity index (χ3v) is 2.98. The Balaban J connectivity index is 0.00000144. The van der Waals surface area contributed by atoms with E-state index in [4.69, 9.17) is 5.11 Å². The fraction of sp³-hybridized carbons (Fsp3) is 0.417. The average molecular weight is 260 g/mol. The standard InChI is InChI=1S/C12H14FNO2.ClH/c13-11-4-2-1-3-10(11)9-5-6-14(7-9)8-12(15)16;/h1-4,9H,5-8H2,(H,15,16);1H. The maximum Gasteiger partial charge on any atom is 0.317 e. The lowest BCUT2D eigenvalue weighted by atomic mass is 9.98. The molecule has 0 bridgehead atoms. The molecule has 1 atom stereocenters. The molecule has 0 aromatic heterocycles. The van der Waals surface area contributed by atoms with Gasteiger partial charge in [0.15, 0.2) is 0 Å². The number of hydrogen-bond donors (Lipinski definition) is 1. The lowest BCUT2D eigenvalue weighted by Gasteiger charge is -2.13. The van der Waals surface area contributed by atoms with Crippen molar-refractivity contribution >= 4 is 18.4 Å². The van der Waals surface area contributed by atoms with Crippen LogP contribution >= 0.6 is 12.4 Å². The molecule has 1 aromatic carbocycles. The second-order valence-corrected chi connectivity index (χ2v) is 4.14. The summed E-state index contributed by atoms with van der Waals surface area (Å²) in [6.45, 7) is 1.41. The zero-order valence-corrected chi connectivity index (χ0v) is 10.1. The van der Waals surface area contributed by atoms with Crippen molar-refractivity contribution in [2.75, 3.05) is 19.6 Å². The van der Waals surface area contributed by atoms with Crippen molar-refractivity contribution in [3.63, 3.8) is 0 Å². The van der Waals surface area contributed by atoms with Crippen LogP contribution in [0, 0.1) is 5.82 Å². The summed E-state index contributed by atoms with van der Waals surface area (Å²) in [6, 6.07) is 6.72. The van der Waals surface area contributed by atoms with Gasteiger partial charge in [-0.15, -0.1) is 12.4 Å². The van der Waals surface area contributed by atoms with Crippen molar-refractivity contribution in [1.29, 1.82) is 0 Å². The minimum Gasteiger partial charge on any atom is -0.480 e. The number of halogens is 2. The van der Waals surface area contributed by atoms with E-state index in [2.05, 4.69) is 0 Å². The van der Waals surface area contributed by atoms with Crippen molar-refractivity contribution in [3.8, 4) is 0 Å². The molecule has 2 rings (SSSR count). The molecular weight excluding hydrogens is 245 g/mol. The molecule has 1 unspecified atom stereocenters. The number of likely N-dealkylation sites (tertiary alicyclic amines) is 1. The van der Waals surface area contributed by atoms with Gasteiger partial charge in [0.2, 0.25) is 0 Å². The Hall–Kier alpha value is -1.13. The first-order valence-electron chi connectivity index (χ1n) is 5.35. The van der Waals surface area contributed by atoms with Crippen LogP contribution in [0.25, 0.3) is 0 Å². The number of benzene rings is 1. The number of aliphatic carboxylic acids is 1.